The summed E-state index contributed by atoms with van der Waals surface area (Å²) in [6.45, 7) is 0. The molecule has 2 spiro atoms. The predicted molar refractivity (Wildman–Crippen MR) is 143 cm³/mol. The maximum atomic E-state index is 14.6. The summed E-state index contributed by atoms with van der Waals surface area (Å²) >= 11 is 3.45. The third kappa shape index (κ3) is 2.69. The van der Waals surface area contributed by atoms with E-state index in [1.807, 2.05) is 6.07 Å². The number of ether oxygens (including phenoxy) is 1. The van der Waals surface area contributed by atoms with Crippen molar-refractivity contribution in [1.82, 2.24) is 0 Å². The van der Waals surface area contributed by atoms with Crippen molar-refractivity contribution in [2.45, 2.75) is 17.6 Å². The quantitative estimate of drug-likeness (QED) is 0.272. The Morgan fingerprint density at radius 2 is 0.974 bits per heavy atom. The minimum Gasteiger partial charge on any atom is -0.348 e. The van der Waals surface area contributed by atoms with Crippen LogP contribution in [0.15, 0.2) is 108 Å². The second kappa shape index (κ2) is 8.00. The first-order valence-corrected chi connectivity index (χ1v) is 13.1. The molecule has 6 heteroatoms. The number of benzene rings is 4. The summed E-state index contributed by atoms with van der Waals surface area (Å²) < 4.78 is 7.44. The summed E-state index contributed by atoms with van der Waals surface area (Å²) in [4.78, 5) is 57.7. The molecule has 4 aromatic carbocycles. The van der Waals surface area contributed by atoms with Crippen molar-refractivity contribution in [3.63, 3.8) is 0 Å². The standard InChI is InChI=1S/C32H19BrO5/c33-20-16-14-18(15-17-20)25-31(26(34)21-10-4-5-11-22(21)27(31)35)30(19-8-2-1-3-9-19)38-32(25)28(36)23-12-6-7-13-24(23)29(32)37/h1-17,25,30H/t25-,30-/m1/s1. The molecule has 0 aromatic heterocycles. The Bertz CT molecular complexity index is 1620. The average Bonchev–Trinajstić information content (AvgIpc) is 3.48. The van der Waals surface area contributed by atoms with E-state index in [4.69, 9.17) is 4.74 Å². The predicted octanol–water partition coefficient (Wildman–Crippen LogP) is 6.19. The highest BCUT2D eigenvalue weighted by Gasteiger charge is 2.79. The zero-order valence-electron chi connectivity index (χ0n) is 19.9. The molecule has 7 rings (SSSR count). The number of hydrogen-bond donors (Lipinski definition) is 0. The number of carbonyl (C=O) groups is 4. The largest absolute Gasteiger partial charge is 0.348 e. The van der Waals surface area contributed by atoms with Gasteiger partial charge in [0.2, 0.25) is 17.2 Å². The monoisotopic (exact) mass is 562 g/mol. The van der Waals surface area contributed by atoms with Gasteiger partial charge in [-0.05, 0) is 23.3 Å². The van der Waals surface area contributed by atoms with Gasteiger partial charge < -0.3 is 4.74 Å². The summed E-state index contributed by atoms with van der Waals surface area (Å²) in [6.07, 6.45) is -1.16. The Kier molecular flexibility index (Phi) is 4.87. The van der Waals surface area contributed by atoms with Gasteiger partial charge in [0.25, 0.3) is 0 Å². The van der Waals surface area contributed by atoms with E-state index in [1.54, 1.807) is 97.1 Å². The second-order valence-corrected chi connectivity index (χ2v) is 10.8. The van der Waals surface area contributed by atoms with E-state index in [-0.39, 0.29) is 22.3 Å². The highest BCUT2D eigenvalue weighted by Crippen LogP contribution is 2.67. The van der Waals surface area contributed by atoms with Crippen LogP contribution >= 0.6 is 15.9 Å². The molecule has 0 bridgehead atoms. The Morgan fingerprint density at radius 3 is 1.47 bits per heavy atom. The zero-order valence-corrected chi connectivity index (χ0v) is 21.5. The zero-order chi connectivity index (χ0) is 26.2. The summed E-state index contributed by atoms with van der Waals surface area (Å²) in [6, 6.07) is 29.3. The molecule has 2 aliphatic carbocycles. The summed E-state index contributed by atoms with van der Waals surface area (Å²) in [5.74, 6) is -3.12. The molecule has 0 radical (unpaired) electrons. The highest BCUT2D eigenvalue weighted by molar-refractivity contribution is 9.10. The van der Waals surface area contributed by atoms with Gasteiger partial charge in [0.15, 0.2) is 11.6 Å². The SMILES string of the molecule is O=C1c2ccccc2C(=O)C12O[C@H](c1ccccc1)C1(C(=O)c3ccccc3C1=O)[C@H]2c1ccc(Br)cc1. The van der Waals surface area contributed by atoms with E-state index < -0.39 is 46.2 Å². The van der Waals surface area contributed by atoms with Crippen LogP contribution in [0.1, 0.15) is 64.6 Å². The van der Waals surface area contributed by atoms with Crippen LogP contribution in [0.5, 0.6) is 0 Å². The van der Waals surface area contributed by atoms with Crippen LogP contribution in [0, 0.1) is 5.41 Å². The molecule has 0 unspecified atom stereocenters. The Morgan fingerprint density at radius 1 is 0.526 bits per heavy atom. The molecule has 5 nitrogen and oxygen atoms in total. The number of ketones is 4. The topological polar surface area (TPSA) is 77.5 Å². The van der Waals surface area contributed by atoms with E-state index >= 15 is 0 Å². The number of halogens is 1. The van der Waals surface area contributed by atoms with Crippen LogP contribution in [0.25, 0.3) is 0 Å². The lowest BCUT2D eigenvalue weighted by Gasteiger charge is -2.34. The van der Waals surface area contributed by atoms with Gasteiger partial charge in [-0.3, -0.25) is 19.2 Å². The van der Waals surface area contributed by atoms with Crippen LogP contribution in [0.4, 0.5) is 0 Å². The molecule has 1 heterocycles. The third-order valence-corrected chi connectivity index (χ3v) is 8.67. The van der Waals surface area contributed by atoms with Crippen molar-refractivity contribution >= 4 is 39.1 Å². The van der Waals surface area contributed by atoms with E-state index in [0.717, 1.165) is 4.47 Å². The lowest BCUT2D eigenvalue weighted by Crippen LogP contribution is -2.51. The van der Waals surface area contributed by atoms with E-state index in [9.17, 15) is 19.2 Å². The molecule has 0 amide bonds. The van der Waals surface area contributed by atoms with Crippen LogP contribution in [0.3, 0.4) is 0 Å². The van der Waals surface area contributed by atoms with Gasteiger partial charge in [-0.2, -0.15) is 0 Å². The van der Waals surface area contributed by atoms with Crippen molar-refractivity contribution in [1.29, 1.82) is 0 Å². The average molecular weight is 563 g/mol. The molecule has 184 valence electrons. The van der Waals surface area contributed by atoms with Crippen molar-refractivity contribution < 1.29 is 23.9 Å². The van der Waals surface area contributed by atoms with E-state index in [2.05, 4.69) is 15.9 Å². The minimum absolute atomic E-state index is 0.235. The lowest BCUT2D eigenvalue weighted by molar-refractivity contribution is -0.0210. The summed E-state index contributed by atoms with van der Waals surface area (Å²) in [5, 5.41) is 0. The minimum atomic E-state index is -2.08. The molecule has 0 N–H and O–H groups in total. The van der Waals surface area contributed by atoms with E-state index in [1.165, 1.54) is 0 Å². The summed E-state index contributed by atoms with van der Waals surface area (Å²) in [5.41, 5.74) is -1.85. The first-order chi connectivity index (χ1) is 18.4. The number of hydrogen-bond acceptors (Lipinski definition) is 5. The van der Waals surface area contributed by atoms with Gasteiger partial charge >= 0.3 is 0 Å². The molecule has 1 aliphatic heterocycles. The molecule has 3 aliphatic rings. The van der Waals surface area contributed by atoms with E-state index in [0.29, 0.717) is 11.1 Å². The number of fused-ring (bicyclic) bond motifs is 2. The molecular formula is C32H19BrO5. The lowest BCUT2D eigenvalue weighted by atomic mass is 9.60. The second-order valence-electron chi connectivity index (χ2n) is 9.91. The molecule has 2 atom stereocenters. The fourth-order valence-corrected chi connectivity index (χ4v) is 6.87. The highest BCUT2D eigenvalue weighted by atomic mass is 79.9. The number of Topliss-reactive ketones (excluding diaryl/α,β-unsaturated/α-hetero) is 4. The number of carbonyl (C=O) groups excluding carboxylic acids is 4. The maximum absolute atomic E-state index is 14.6. The first kappa shape index (κ1) is 23.1. The molecular weight excluding hydrogens is 544 g/mol. The van der Waals surface area contributed by atoms with Gasteiger partial charge in [0.05, 0.1) is 5.92 Å². The van der Waals surface area contributed by atoms with Gasteiger partial charge in [-0.1, -0.05) is 107 Å². The Balaban J connectivity index is 1.59. The molecule has 1 saturated heterocycles. The maximum Gasteiger partial charge on any atom is 0.204 e. The Labute approximate surface area is 226 Å². The fraction of sp³-hybridized carbons (Fsp3) is 0.125. The normalized spacial score (nSPS) is 22.3. The van der Waals surface area contributed by atoms with Crippen LogP contribution in [-0.4, -0.2) is 28.7 Å². The molecule has 4 aromatic rings. The fourth-order valence-electron chi connectivity index (χ4n) is 6.61. The van der Waals surface area contributed by atoms with Crippen LogP contribution < -0.4 is 0 Å². The third-order valence-electron chi connectivity index (χ3n) is 8.14. The van der Waals surface area contributed by atoms with Gasteiger partial charge in [-0.25, -0.2) is 0 Å². The molecule has 1 fully saturated rings. The summed E-state index contributed by atoms with van der Waals surface area (Å²) in [7, 11) is 0. The number of rotatable bonds is 2. The van der Waals surface area contributed by atoms with Crippen LogP contribution in [-0.2, 0) is 4.74 Å². The van der Waals surface area contributed by atoms with Crippen molar-refractivity contribution in [3.05, 3.63) is 141 Å². The smallest absolute Gasteiger partial charge is 0.204 e. The van der Waals surface area contributed by atoms with Gasteiger partial charge in [-0.15, -0.1) is 0 Å². The Hall–Kier alpha value is -4.00. The first-order valence-electron chi connectivity index (χ1n) is 12.3. The van der Waals surface area contributed by atoms with Crippen molar-refractivity contribution in [2.24, 2.45) is 5.41 Å². The van der Waals surface area contributed by atoms with Gasteiger partial charge in [0.1, 0.15) is 11.5 Å². The van der Waals surface area contributed by atoms with Crippen molar-refractivity contribution in [3.8, 4) is 0 Å². The molecule has 38 heavy (non-hydrogen) atoms. The molecule has 0 saturated carbocycles. The van der Waals surface area contributed by atoms with Crippen molar-refractivity contribution in [2.75, 3.05) is 0 Å². The van der Waals surface area contributed by atoms with Gasteiger partial charge in [0, 0.05) is 26.7 Å². The van der Waals surface area contributed by atoms with Crippen LogP contribution in [0.2, 0.25) is 0 Å².